The Kier molecular flexibility index (Phi) is 4.63. The van der Waals surface area contributed by atoms with E-state index in [-0.39, 0.29) is 23.1 Å². The maximum atomic E-state index is 14.2. The Hall–Kier alpha value is -2.96. The van der Waals surface area contributed by atoms with Gasteiger partial charge in [-0.3, -0.25) is 0 Å². The van der Waals surface area contributed by atoms with Crippen molar-refractivity contribution in [1.82, 2.24) is 0 Å². The molecule has 0 saturated heterocycles. The molecule has 0 unspecified atom stereocenters. The molecule has 1 aliphatic rings. The highest BCUT2D eigenvalue weighted by atomic mass is 35.5. The van der Waals surface area contributed by atoms with Crippen molar-refractivity contribution in [3.05, 3.63) is 76.4 Å². The lowest BCUT2D eigenvalue weighted by Gasteiger charge is -2.33. The SMILES string of the molecule is C=C(O)C1=CN(c2cc(N)c(C)cc2CO)c2c(cc(F)c(N)c2Cl)C1=C. The molecular weight excluding hydrogens is 369 g/mol. The molecule has 27 heavy (non-hydrogen) atoms. The minimum Gasteiger partial charge on any atom is -0.508 e. The third-order valence-electron chi connectivity index (χ3n) is 4.59. The van der Waals surface area contributed by atoms with Crippen LogP contribution in [0.15, 0.2) is 48.9 Å². The maximum absolute atomic E-state index is 14.2. The van der Waals surface area contributed by atoms with Crippen molar-refractivity contribution in [2.24, 2.45) is 0 Å². The summed E-state index contributed by atoms with van der Waals surface area (Å²) < 4.78 is 14.2. The number of halogens is 2. The average molecular weight is 388 g/mol. The molecule has 0 bridgehead atoms. The fourth-order valence-electron chi connectivity index (χ4n) is 3.07. The van der Waals surface area contributed by atoms with Crippen LogP contribution in [0, 0.1) is 12.7 Å². The second-order valence-corrected chi connectivity index (χ2v) is 6.69. The van der Waals surface area contributed by atoms with Crippen LogP contribution in [0.1, 0.15) is 16.7 Å². The molecule has 0 radical (unpaired) electrons. The van der Waals surface area contributed by atoms with E-state index < -0.39 is 5.82 Å². The molecule has 2 aromatic rings. The van der Waals surface area contributed by atoms with E-state index in [0.29, 0.717) is 39.3 Å². The summed E-state index contributed by atoms with van der Waals surface area (Å²) in [5, 5.41) is 19.8. The lowest BCUT2D eigenvalue weighted by molar-refractivity contribution is 0.282. The van der Waals surface area contributed by atoms with Gasteiger partial charge in [0.15, 0.2) is 0 Å². The molecule has 7 heteroatoms. The lowest BCUT2D eigenvalue weighted by atomic mass is 9.92. The Bertz CT molecular complexity index is 1030. The van der Waals surface area contributed by atoms with Gasteiger partial charge in [-0.15, -0.1) is 0 Å². The van der Waals surface area contributed by atoms with E-state index in [1.54, 1.807) is 23.2 Å². The maximum Gasteiger partial charge on any atom is 0.148 e. The van der Waals surface area contributed by atoms with Crippen molar-refractivity contribution in [2.45, 2.75) is 13.5 Å². The van der Waals surface area contributed by atoms with Gasteiger partial charge >= 0.3 is 0 Å². The summed E-state index contributed by atoms with van der Waals surface area (Å²) in [5.41, 5.74) is 15.4. The number of rotatable bonds is 3. The summed E-state index contributed by atoms with van der Waals surface area (Å²) in [6, 6.07) is 4.62. The second kappa shape index (κ2) is 6.64. The van der Waals surface area contributed by atoms with E-state index in [1.807, 2.05) is 6.92 Å². The smallest absolute Gasteiger partial charge is 0.148 e. The second-order valence-electron chi connectivity index (χ2n) is 6.32. The molecule has 6 N–H and O–H groups in total. The van der Waals surface area contributed by atoms with Gasteiger partial charge in [-0.1, -0.05) is 24.8 Å². The van der Waals surface area contributed by atoms with Crippen molar-refractivity contribution >= 4 is 39.9 Å². The lowest BCUT2D eigenvalue weighted by Crippen LogP contribution is -2.20. The van der Waals surface area contributed by atoms with Crippen LogP contribution in [0.5, 0.6) is 0 Å². The molecule has 0 amide bonds. The number of anilines is 4. The summed E-state index contributed by atoms with van der Waals surface area (Å²) in [5.74, 6) is -0.940. The van der Waals surface area contributed by atoms with Crippen molar-refractivity contribution in [1.29, 1.82) is 0 Å². The number of hydrogen-bond acceptors (Lipinski definition) is 5. The van der Waals surface area contributed by atoms with Crippen LogP contribution in [0.25, 0.3) is 5.57 Å². The molecule has 5 nitrogen and oxygen atoms in total. The van der Waals surface area contributed by atoms with E-state index >= 15 is 0 Å². The standard InChI is InChI=1S/C20H19ClFN3O2/c1-9-4-12(8-26)17(6-16(9)23)25-7-14(11(3)27)10(2)13-5-15(22)19(24)18(21)20(13)25/h4-7,26-27H,2-3,8,23-24H2,1H3. The van der Waals surface area contributed by atoms with Crippen molar-refractivity contribution in [3.63, 3.8) is 0 Å². The van der Waals surface area contributed by atoms with Gasteiger partial charge in [0, 0.05) is 28.6 Å². The quantitative estimate of drug-likeness (QED) is 0.457. The summed E-state index contributed by atoms with van der Waals surface area (Å²) in [6.45, 7) is 9.02. The molecule has 0 aliphatic carbocycles. The number of aliphatic hydroxyl groups is 2. The molecule has 0 atom stereocenters. The number of benzene rings is 2. The summed E-state index contributed by atoms with van der Waals surface area (Å²) >= 11 is 6.36. The van der Waals surface area contributed by atoms with Gasteiger partial charge in [-0.2, -0.15) is 0 Å². The normalized spacial score (nSPS) is 13.4. The summed E-state index contributed by atoms with van der Waals surface area (Å²) in [6.07, 6.45) is 1.56. The van der Waals surface area contributed by atoms with Crippen LogP contribution in [0.4, 0.5) is 27.1 Å². The van der Waals surface area contributed by atoms with Gasteiger partial charge in [0.2, 0.25) is 0 Å². The predicted molar refractivity (Wildman–Crippen MR) is 108 cm³/mol. The van der Waals surface area contributed by atoms with E-state index in [0.717, 1.165) is 5.56 Å². The van der Waals surface area contributed by atoms with Gasteiger partial charge in [-0.25, -0.2) is 4.39 Å². The zero-order valence-electron chi connectivity index (χ0n) is 14.7. The first-order chi connectivity index (χ1) is 12.7. The summed E-state index contributed by atoms with van der Waals surface area (Å²) in [7, 11) is 0. The molecule has 0 spiro atoms. The Morgan fingerprint density at radius 1 is 1.30 bits per heavy atom. The minimum atomic E-state index is -0.699. The highest BCUT2D eigenvalue weighted by Crippen LogP contribution is 2.49. The molecule has 3 rings (SSSR count). The van der Waals surface area contributed by atoms with Crippen molar-refractivity contribution in [2.75, 3.05) is 16.4 Å². The molecule has 1 heterocycles. The molecule has 0 aromatic heterocycles. The number of allylic oxidation sites excluding steroid dienone is 1. The number of nitrogens with two attached hydrogens (primary N) is 2. The number of aryl methyl sites for hydroxylation is 1. The zero-order chi connectivity index (χ0) is 20.0. The molecular formula is C20H19ClFN3O2. The topological polar surface area (TPSA) is 95.7 Å². The third kappa shape index (κ3) is 2.93. The minimum absolute atomic E-state index is 0.00645. The Morgan fingerprint density at radius 2 is 1.96 bits per heavy atom. The van der Waals surface area contributed by atoms with Gasteiger partial charge in [0.1, 0.15) is 11.6 Å². The monoisotopic (exact) mass is 387 g/mol. The highest BCUT2D eigenvalue weighted by molar-refractivity contribution is 6.36. The van der Waals surface area contributed by atoms with Gasteiger partial charge in [0.05, 0.1) is 28.7 Å². The first kappa shape index (κ1) is 18.8. The number of nitrogens with zero attached hydrogens (tertiary/aromatic N) is 1. The third-order valence-corrected chi connectivity index (χ3v) is 4.97. The van der Waals surface area contributed by atoms with Gasteiger partial charge in [-0.05, 0) is 36.3 Å². The molecule has 0 saturated carbocycles. The number of hydrogen-bond donors (Lipinski definition) is 4. The fraction of sp³-hybridized carbons (Fsp3) is 0.100. The van der Waals surface area contributed by atoms with E-state index in [2.05, 4.69) is 13.2 Å². The Morgan fingerprint density at radius 3 is 2.56 bits per heavy atom. The number of nitrogen functional groups attached to an aromatic ring is 2. The first-order valence-electron chi connectivity index (χ1n) is 8.03. The zero-order valence-corrected chi connectivity index (χ0v) is 15.4. The fourth-order valence-corrected chi connectivity index (χ4v) is 3.35. The van der Waals surface area contributed by atoms with Crippen LogP contribution in [-0.4, -0.2) is 10.2 Å². The Balaban J connectivity index is 2.39. The molecule has 1 aliphatic heterocycles. The van der Waals surface area contributed by atoms with Crippen molar-refractivity contribution < 1.29 is 14.6 Å². The van der Waals surface area contributed by atoms with Crippen LogP contribution < -0.4 is 16.4 Å². The number of fused-ring (bicyclic) bond motifs is 1. The average Bonchev–Trinajstić information content (AvgIpc) is 2.62. The van der Waals surface area contributed by atoms with Crippen LogP contribution in [0.3, 0.4) is 0 Å². The largest absolute Gasteiger partial charge is 0.508 e. The molecule has 2 aromatic carbocycles. The van der Waals surface area contributed by atoms with Crippen LogP contribution >= 0.6 is 11.6 Å². The van der Waals surface area contributed by atoms with E-state index in [4.69, 9.17) is 23.1 Å². The van der Waals surface area contributed by atoms with Crippen LogP contribution in [0.2, 0.25) is 5.02 Å². The molecule has 0 fully saturated rings. The Labute approximate surface area is 161 Å². The highest BCUT2D eigenvalue weighted by Gasteiger charge is 2.29. The number of aliphatic hydroxyl groups excluding tert-OH is 2. The predicted octanol–water partition coefficient (Wildman–Crippen LogP) is 4.56. The van der Waals surface area contributed by atoms with E-state index in [9.17, 15) is 14.6 Å². The van der Waals surface area contributed by atoms with Gasteiger partial charge in [0.25, 0.3) is 0 Å². The van der Waals surface area contributed by atoms with Gasteiger partial charge < -0.3 is 26.6 Å². The van der Waals surface area contributed by atoms with Crippen molar-refractivity contribution in [3.8, 4) is 0 Å². The first-order valence-corrected chi connectivity index (χ1v) is 8.41. The van der Waals surface area contributed by atoms with Crippen LogP contribution in [-0.2, 0) is 6.61 Å². The molecule has 140 valence electrons. The summed E-state index contributed by atoms with van der Waals surface area (Å²) in [4.78, 5) is 1.60. The van der Waals surface area contributed by atoms with E-state index in [1.165, 1.54) is 6.07 Å².